The fourth-order valence-electron chi connectivity index (χ4n) is 4.98. The molecule has 39 heavy (non-hydrogen) atoms. The van der Waals surface area contributed by atoms with Gasteiger partial charge in [0.25, 0.3) is 5.56 Å². The molecule has 4 aromatic rings. The van der Waals surface area contributed by atoms with Gasteiger partial charge in [0.1, 0.15) is 17.2 Å². The van der Waals surface area contributed by atoms with E-state index in [0.29, 0.717) is 63.0 Å². The zero-order valence-electron chi connectivity index (χ0n) is 22.5. The van der Waals surface area contributed by atoms with Crippen LogP contribution in [0.2, 0.25) is 0 Å². The van der Waals surface area contributed by atoms with Gasteiger partial charge < -0.3 is 18.9 Å². The number of H-pyrrole nitrogens is 1. The Morgan fingerprint density at radius 3 is 2.41 bits per heavy atom. The van der Waals surface area contributed by atoms with Crippen molar-refractivity contribution in [3.05, 3.63) is 58.5 Å². The summed E-state index contributed by atoms with van der Waals surface area (Å²) in [7, 11) is 1.14. The topological polar surface area (TPSA) is 129 Å². The molecule has 0 aliphatic carbocycles. The molecule has 5 rings (SSSR count). The van der Waals surface area contributed by atoms with E-state index in [1.54, 1.807) is 43.6 Å². The minimum absolute atomic E-state index is 0.335. The van der Waals surface area contributed by atoms with Crippen LogP contribution in [0.25, 0.3) is 33.2 Å². The van der Waals surface area contributed by atoms with Gasteiger partial charge in [-0.25, -0.2) is 8.42 Å². The summed E-state index contributed by atoms with van der Waals surface area (Å²) in [5.41, 5.74) is 3.42. The van der Waals surface area contributed by atoms with Crippen molar-refractivity contribution < 1.29 is 27.4 Å². The molecular formula is C28H29N3O7S. The highest BCUT2D eigenvalue weighted by atomic mass is 32.2. The summed E-state index contributed by atoms with van der Waals surface area (Å²) < 4.78 is 48.8. The first-order chi connectivity index (χ1) is 18.5. The van der Waals surface area contributed by atoms with Gasteiger partial charge in [-0.15, -0.1) is 0 Å². The zero-order valence-corrected chi connectivity index (χ0v) is 23.3. The highest BCUT2D eigenvalue weighted by Crippen LogP contribution is 2.53. The number of aromatic amines is 1. The molecule has 0 radical (unpaired) electrons. The smallest absolute Gasteiger partial charge is 0.258 e. The number of pyridine rings is 2. The Labute approximate surface area is 226 Å². The van der Waals surface area contributed by atoms with Gasteiger partial charge in [0.15, 0.2) is 5.88 Å². The maximum absolute atomic E-state index is 13.1. The lowest BCUT2D eigenvalue weighted by atomic mass is 9.83. The van der Waals surface area contributed by atoms with Crippen LogP contribution in [-0.2, 0) is 15.4 Å². The van der Waals surface area contributed by atoms with Gasteiger partial charge in [0.2, 0.25) is 10.0 Å². The third kappa shape index (κ3) is 4.63. The summed E-state index contributed by atoms with van der Waals surface area (Å²) in [6.45, 7) is 4.53. The molecule has 0 saturated heterocycles. The molecule has 2 aromatic heterocycles. The van der Waals surface area contributed by atoms with Crippen molar-refractivity contribution in [1.29, 1.82) is 0 Å². The molecule has 11 heteroatoms. The van der Waals surface area contributed by atoms with Crippen LogP contribution >= 0.6 is 0 Å². The molecule has 3 heterocycles. The molecule has 0 amide bonds. The molecule has 0 spiro atoms. The number of nitrogens with one attached hydrogen (secondary N) is 2. The number of fused-ring (bicyclic) bond motifs is 2. The van der Waals surface area contributed by atoms with Crippen LogP contribution in [0.1, 0.15) is 19.4 Å². The standard InChI is InChI=1S/C28H29N3O7S/c1-28(2)14-38-26-22(18-9-10-21(36-4)30-27(18)32)24-19(25(37-5)23(26)28)11-15(13-29-24)17-8-7-16(12-20(17)35-3)31-39(6,33)34/h7-13,31H,14H2,1-6H3,(H,30,32). The van der Waals surface area contributed by atoms with Crippen molar-refractivity contribution in [3.63, 3.8) is 0 Å². The van der Waals surface area contributed by atoms with Gasteiger partial charge in [0, 0.05) is 39.8 Å². The Morgan fingerprint density at radius 2 is 1.77 bits per heavy atom. The van der Waals surface area contributed by atoms with Gasteiger partial charge in [-0.1, -0.05) is 13.8 Å². The first-order valence-electron chi connectivity index (χ1n) is 12.1. The van der Waals surface area contributed by atoms with Crippen LogP contribution in [-0.4, -0.2) is 52.6 Å². The molecule has 1 aliphatic heterocycles. The minimum Gasteiger partial charge on any atom is -0.496 e. The van der Waals surface area contributed by atoms with Gasteiger partial charge in [-0.05, 0) is 30.3 Å². The number of sulfonamides is 1. The van der Waals surface area contributed by atoms with Gasteiger partial charge in [0.05, 0.1) is 56.5 Å². The second kappa shape index (κ2) is 9.49. The number of hydrogen-bond acceptors (Lipinski definition) is 8. The second-order valence-electron chi connectivity index (χ2n) is 9.96. The molecule has 0 saturated carbocycles. The largest absolute Gasteiger partial charge is 0.496 e. The highest BCUT2D eigenvalue weighted by Gasteiger charge is 2.40. The van der Waals surface area contributed by atoms with Crippen molar-refractivity contribution >= 4 is 26.6 Å². The number of ether oxygens (including phenoxy) is 4. The lowest BCUT2D eigenvalue weighted by Crippen LogP contribution is -2.19. The minimum atomic E-state index is -3.46. The summed E-state index contributed by atoms with van der Waals surface area (Å²) in [5.74, 6) is 1.98. The molecule has 1 aliphatic rings. The van der Waals surface area contributed by atoms with E-state index in [0.717, 1.165) is 17.4 Å². The van der Waals surface area contributed by atoms with Gasteiger partial charge in [-0.2, -0.15) is 0 Å². The molecule has 0 bridgehead atoms. The van der Waals surface area contributed by atoms with Crippen molar-refractivity contribution in [2.24, 2.45) is 0 Å². The van der Waals surface area contributed by atoms with Crippen molar-refractivity contribution in [1.82, 2.24) is 9.97 Å². The average molecular weight is 552 g/mol. The molecule has 204 valence electrons. The Morgan fingerprint density at radius 1 is 1.03 bits per heavy atom. The number of anilines is 1. The van der Waals surface area contributed by atoms with E-state index in [9.17, 15) is 13.2 Å². The molecule has 2 aromatic carbocycles. The lowest BCUT2D eigenvalue weighted by Gasteiger charge is -2.21. The number of aromatic nitrogens is 2. The van der Waals surface area contributed by atoms with Crippen LogP contribution in [0, 0.1) is 0 Å². The summed E-state index contributed by atoms with van der Waals surface area (Å²) in [4.78, 5) is 20.7. The Kier molecular flexibility index (Phi) is 6.42. The van der Waals surface area contributed by atoms with E-state index in [4.69, 9.17) is 23.9 Å². The predicted molar refractivity (Wildman–Crippen MR) is 150 cm³/mol. The van der Waals surface area contributed by atoms with E-state index in [2.05, 4.69) is 23.6 Å². The normalized spacial score (nSPS) is 14.0. The fraction of sp³-hybridized carbons (Fsp3) is 0.286. The summed E-state index contributed by atoms with van der Waals surface area (Å²) in [6.07, 6.45) is 2.76. The van der Waals surface area contributed by atoms with Gasteiger partial charge in [-0.3, -0.25) is 19.5 Å². The second-order valence-corrected chi connectivity index (χ2v) is 11.7. The van der Waals surface area contributed by atoms with E-state index >= 15 is 0 Å². The van der Waals surface area contributed by atoms with Crippen LogP contribution in [0.4, 0.5) is 5.69 Å². The molecule has 0 unspecified atom stereocenters. The Bertz CT molecular complexity index is 1780. The Balaban J connectivity index is 1.80. The number of rotatable bonds is 7. The molecule has 0 atom stereocenters. The SMILES string of the molecule is COc1ccc(-c2c3c(c(OC)c4cc(-c5ccc(NS(C)(=O)=O)cc5OC)cnc24)C(C)(C)CO3)c(=O)[nH]1. The number of methoxy groups -OCH3 is 3. The zero-order chi connectivity index (χ0) is 28.1. The number of hydrogen-bond donors (Lipinski definition) is 2. The fourth-order valence-corrected chi connectivity index (χ4v) is 5.53. The predicted octanol–water partition coefficient (Wildman–Crippen LogP) is 4.32. The summed E-state index contributed by atoms with van der Waals surface area (Å²) in [5, 5.41) is 0.693. The maximum Gasteiger partial charge on any atom is 0.258 e. The Hall–Kier alpha value is -4.25. The monoisotopic (exact) mass is 551 g/mol. The molecule has 10 nitrogen and oxygen atoms in total. The van der Waals surface area contributed by atoms with E-state index in [-0.39, 0.29) is 5.56 Å². The molecular weight excluding hydrogens is 522 g/mol. The van der Waals surface area contributed by atoms with Crippen LogP contribution < -0.4 is 29.2 Å². The first kappa shape index (κ1) is 26.4. The lowest BCUT2D eigenvalue weighted by molar-refractivity contribution is 0.290. The number of nitrogens with zero attached hydrogens (tertiary/aromatic N) is 1. The van der Waals surface area contributed by atoms with Crippen LogP contribution in [0.5, 0.6) is 23.1 Å². The van der Waals surface area contributed by atoms with Crippen LogP contribution in [0.15, 0.2) is 47.4 Å². The van der Waals surface area contributed by atoms with Crippen LogP contribution in [0.3, 0.4) is 0 Å². The van der Waals surface area contributed by atoms with E-state index in [1.807, 2.05) is 6.07 Å². The third-order valence-electron chi connectivity index (χ3n) is 6.70. The summed E-state index contributed by atoms with van der Waals surface area (Å²) >= 11 is 0. The van der Waals surface area contributed by atoms with E-state index in [1.165, 1.54) is 14.2 Å². The van der Waals surface area contributed by atoms with Crippen molar-refractivity contribution in [2.75, 3.05) is 38.9 Å². The van der Waals surface area contributed by atoms with Crippen molar-refractivity contribution in [2.45, 2.75) is 19.3 Å². The number of benzene rings is 2. The maximum atomic E-state index is 13.1. The first-order valence-corrected chi connectivity index (χ1v) is 14.0. The quantitative estimate of drug-likeness (QED) is 0.347. The average Bonchev–Trinajstić information content (AvgIpc) is 3.20. The molecule has 0 fully saturated rings. The molecule has 2 N–H and O–H groups in total. The van der Waals surface area contributed by atoms with E-state index < -0.39 is 15.4 Å². The van der Waals surface area contributed by atoms with Gasteiger partial charge >= 0.3 is 0 Å². The van der Waals surface area contributed by atoms with Crippen molar-refractivity contribution in [3.8, 4) is 45.4 Å². The third-order valence-corrected chi connectivity index (χ3v) is 7.30. The highest BCUT2D eigenvalue weighted by molar-refractivity contribution is 7.92. The summed E-state index contributed by atoms with van der Waals surface area (Å²) in [6, 6.07) is 10.3.